The lowest BCUT2D eigenvalue weighted by Crippen LogP contribution is -2.25. The molecule has 0 aliphatic carbocycles. The molecule has 0 fully saturated rings. The summed E-state index contributed by atoms with van der Waals surface area (Å²) in [5.41, 5.74) is 1.42. The minimum Gasteiger partial charge on any atom is -0.352 e. The van der Waals surface area contributed by atoms with E-state index in [1.165, 1.54) is 6.07 Å². The summed E-state index contributed by atoms with van der Waals surface area (Å²) in [7, 11) is 0. The second-order valence-corrected chi connectivity index (χ2v) is 4.50. The smallest absolute Gasteiger partial charge is 0.224 e. The van der Waals surface area contributed by atoms with Crippen LogP contribution in [0.25, 0.3) is 0 Å². The summed E-state index contributed by atoms with van der Waals surface area (Å²) in [6.45, 7) is 0.247. The van der Waals surface area contributed by atoms with Crippen molar-refractivity contribution in [3.8, 4) is 6.07 Å². The zero-order chi connectivity index (χ0) is 15.2. The number of rotatable bonds is 4. The van der Waals surface area contributed by atoms with E-state index in [4.69, 9.17) is 5.26 Å². The Kier molecular flexibility index (Phi) is 4.62. The Morgan fingerprint density at radius 1 is 1.19 bits per heavy atom. The molecule has 0 unspecified atom stereocenters. The monoisotopic (exact) mass is 286 g/mol. The summed E-state index contributed by atoms with van der Waals surface area (Å²) in [4.78, 5) is 11.7. The van der Waals surface area contributed by atoms with Crippen molar-refractivity contribution in [1.82, 2.24) is 5.32 Å². The van der Waals surface area contributed by atoms with E-state index in [-0.39, 0.29) is 24.4 Å². The number of hydrogen-bond donors (Lipinski definition) is 1. The van der Waals surface area contributed by atoms with Crippen LogP contribution in [0.15, 0.2) is 42.5 Å². The highest BCUT2D eigenvalue weighted by Crippen LogP contribution is 2.10. The van der Waals surface area contributed by atoms with Crippen LogP contribution >= 0.6 is 0 Å². The lowest BCUT2D eigenvalue weighted by molar-refractivity contribution is -0.120. The molecule has 0 aliphatic rings. The van der Waals surface area contributed by atoms with Crippen molar-refractivity contribution in [3.05, 3.63) is 70.8 Å². The average Bonchev–Trinajstić information content (AvgIpc) is 2.48. The minimum absolute atomic E-state index is 0.139. The van der Waals surface area contributed by atoms with Crippen LogP contribution in [-0.4, -0.2) is 5.91 Å². The van der Waals surface area contributed by atoms with Gasteiger partial charge in [0, 0.05) is 12.6 Å². The maximum absolute atomic E-state index is 13.4. The first-order valence-corrected chi connectivity index (χ1v) is 6.28. The molecule has 1 amide bonds. The van der Waals surface area contributed by atoms with E-state index >= 15 is 0 Å². The molecule has 2 aromatic carbocycles. The number of halogens is 2. The number of benzene rings is 2. The van der Waals surface area contributed by atoms with Crippen molar-refractivity contribution in [2.24, 2.45) is 0 Å². The molecular formula is C16H12F2N2O. The first-order chi connectivity index (χ1) is 10.1. The Labute approximate surface area is 120 Å². The summed E-state index contributed by atoms with van der Waals surface area (Å²) in [5, 5.41) is 11.4. The first kappa shape index (κ1) is 14.7. The van der Waals surface area contributed by atoms with Crippen LogP contribution in [0.3, 0.4) is 0 Å². The molecule has 0 aliphatic heterocycles. The number of carbonyl (C=O) groups is 1. The van der Waals surface area contributed by atoms with Gasteiger partial charge in [0.15, 0.2) is 0 Å². The Hall–Kier alpha value is -2.74. The lowest BCUT2D eigenvalue weighted by atomic mass is 10.1. The molecule has 0 atom stereocenters. The van der Waals surface area contributed by atoms with E-state index in [2.05, 4.69) is 5.32 Å². The van der Waals surface area contributed by atoms with Crippen LogP contribution in [-0.2, 0) is 17.8 Å². The zero-order valence-corrected chi connectivity index (χ0v) is 11.1. The minimum atomic E-state index is -0.739. The van der Waals surface area contributed by atoms with Crippen molar-refractivity contribution >= 4 is 5.91 Å². The highest BCUT2D eigenvalue weighted by atomic mass is 19.1. The molecular weight excluding hydrogens is 274 g/mol. The van der Waals surface area contributed by atoms with E-state index in [1.54, 1.807) is 24.3 Å². The van der Waals surface area contributed by atoms with Gasteiger partial charge in [-0.2, -0.15) is 5.26 Å². The second-order valence-electron chi connectivity index (χ2n) is 4.50. The van der Waals surface area contributed by atoms with E-state index in [1.807, 2.05) is 6.07 Å². The molecule has 0 spiro atoms. The Morgan fingerprint density at radius 2 is 2.00 bits per heavy atom. The van der Waals surface area contributed by atoms with Gasteiger partial charge in [-0.1, -0.05) is 18.2 Å². The summed E-state index contributed by atoms with van der Waals surface area (Å²) >= 11 is 0. The molecule has 21 heavy (non-hydrogen) atoms. The summed E-state index contributed by atoms with van der Waals surface area (Å²) < 4.78 is 26.2. The number of carbonyl (C=O) groups excluding carboxylic acids is 1. The first-order valence-electron chi connectivity index (χ1n) is 6.28. The third kappa shape index (κ3) is 4.11. The zero-order valence-electron chi connectivity index (χ0n) is 11.1. The summed E-state index contributed by atoms with van der Waals surface area (Å²) in [6, 6.07) is 12.0. The molecule has 2 aromatic rings. The number of hydrogen-bond acceptors (Lipinski definition) is 2. The van der Waals surface area contributed by atoms with Gasteiger partial charge in [0.05, 0.1) is 18.1 Å². The van der Waals surface area contributed by atoms with Crippen LogP contribution in [0.5, 0.6) is 0 Å². The summed E-state index contributed by atoms with van der Waals surface area (Å²) in [5.74, 6) is -1.79. The normalized spacial score (nSPS) is 9.95. The number of amides is 1. The van der Waals surface area contributed by atoms with E-state index < -0.39 is 11.6 Å². The van der Waals surface area contributed by atoms with E-state index in [0.717, 1.165) is 17.7 Å². The fourth-order valence-corrected chi connectivity index (χ4v) is 1.85. The Morgan fingerprint density at radius 3 is 2.71 bits per heavy atom. The molecule has 0 aromatic heterocycles. The van der Waals surface area contributed by atoms with Gasteiger partial charge in [-0.15, -0.1) is 0 Å². The van der Waals surface area contributed by atoms with Gasteiger partial charge in [-0.05, 0) is 29.3 Å². The van der Waals surface area contributed by atoms with E-state index in [9.17, 15) is 13.6 Å². The molecule has 2 rings (SSSR count). The van der Waals surface area contributed by atoms with Gasteiger partial charge < -0.3 is 5.32 Å². The largest absolute Gasteiger partial charge is 0.352 e. The van der Waals surface area contributed by atoms with Gasteiger partial charge in [-0.25, -0.2) is 8.78 Å². The molecule has 0 saturated carbocycles. The van der Waals surface area contributed by atoms with Gasteiger partial charge in [-0.3, -0.25) is 4.79 Å². The van der Waals surface area contributed by atoms with Crippen molar-refractivity contribution in [3.63, 3.8) is 0 Å². The lowest BCUT2D eigenvalue weighted by Gasteiger charge is -2.06. The maximum Gasteiger partial charge on any atom is 0.224 e. The predicted molar refractivity (Wildman–Crippen MR) is 73.1 cm³/mol. The van der Waals surface area contributed by atoms with Crippen molar-refractivity contribution in [2.45, 2.75) is 13.0 Å². The highest BCUT2D eigenvalue weighted by molar-refractivity contribution is 5.78. The number of nitriles is 1. The van der Waals surface area contributed by atoms with Gasteiger partial charge >= 0.3 is 0 Å². The van der Waals surface area contributed by atoms with Crippen molar-refractivity contribution in [2.75, 3.05) is 0 Å². The fraction of sp³-hybridized carbons (Fsp3) is 0.125. The molecule has 5 heteroatoms. The third-order valence-electron chi connectivity index (χ3n) is 2.91. The number of nitrogens with one attached hydrogen (secondary N) is 1. The quantitative estimate of drug-likeness (QED) is 0.939. The molecule has 3 nitrogen and oxygen atoms in total. The molecule has 0 saturated heterocycles. The predicted octanol–water partition coefficient (Wildman–Crippen LogP) is 2.70. The van der Waals surface area contributed by atoms with Gasteiger partial charge in [0.1, 0.15) is 11.6 Å². The van der Waals surface area contributed by atoms with Crippen LogP contribution in [0.1, 0.15) is 16.7 Å². The van der Waals surface area contributed by atoms with Crippen molar-refractivity contribution in [1.29, 1.82) is 5.26 Å². The second kappa shape index (κ2) is 6.62. The average molecular weight is 286 g/mol. The Balaban J connectivity index is 1.94. The maximum atomic E-state index is 13.4. The number of nitrogens with zero attached hydrogens (tertiary/aromatic N) is 1. The van der Waals surface area contributed by atoms with Crippen LogP contribution < -0.4 is 5.32 Å². The molecule has 0 bridgehead atoms. The summed E-state index contributed by atoms with van der Waals surface area (Å²) in [6.07, 6.45) is -0.163. The standard InChI is InChI=1S/C16H12F2N2O/c17-14-5-4-13(15(18)8-14)7-16(21)20-10-12-3-1-2-11(6-12)9-19/h1-6,8H,7,10H2,(H,20,21). The van der Waals surface area contributed by atoms with Gasteiger partial charge in [0.25, 0.3) is 0 Å². The van der Waals surface area contributed by atoms with Crippen LogP contribution in [0, 0.1) is 23.0 Å². The molecule has 0 heterocycles. The van der Waals surface area contributed by atoms with Crippen LogP contribution in [0.2, 0.25) is 0 Å². The van der Waals surface area contributed by atoms with E-state index in [0.29, 0.717) is 5.56 Å². The van der Waals surface area contributed by atoms with Gasteiger partial charge in [0.2, 0.25) is 5.91 Å². The fourth-order valence-electron chi connectivity index (χ4n) is 1.85. The molecule has 0 radical (unpaired) electrons. The topological polar surface area (TPSA) is 52.9 Å². The molecule has 1 N–H and O–H groups in total. The third-order valence-corrected chi connectivity index (χ3v) is 2.91. The SMILES string of the molecule is N#Cc1cccc(CNC(=O)Cc2ccc(F)cc2F)c1. The van der Waals surface area contributed by atoms with Crippen LogP contribution in [0.4, 0.5) is 8.78 Å². The van der Waals surface area contributed by atoms with Crippen molar-refractivity contribution < 1.29 is 13.6 Å². The molecule has 106 valence electrons. The highest BCUT2D eigenvalue weighted by Gasteiger charge is 2.09. The Bertz CT molecular complexity index is 708.